The van der Waals surface area contributed by atoms with E-state index in [0.717, 1.165) is 17.7 Å². The molecule has 6 heteroatoms. The SMILES string of the molecule is COc1ccc(CCNC(=O)CNc2ccc(Cl)cc2Cl)cc1. The van der Waals surface area contributed by atoms with Crippen LogP contribution in [0.5, 0.6) is 5.75 Å². The van der Waals surface area contributed by atoms with Gasteiger partial charge in [-0.15, -0.1) is 0 Å². The Hall–Kier alpha value is -1.91. The third-order valence-corrected chi connectivity index (χ3v) is 3.81. The van der Waals surface area contributed by atoms with Crippen LogP contribution in [0, 0.1) is 0 Å². The molecule has 0 unspecified atom stereocenters. The number of amides is 1. The molecule has 0 aliphatic rings. The minimum Gasteiger partial charge on any atom is -0.497 e. The fourth-order valence-electron chi connectivity index (χ4n) is 2.01. The van der Waals surface area contributed by atoms with Gasteiger partial charge in [-0.2, -0.15) is 0 Å². The van der Waals surface area contributed by atoms with Crippen LogP contribution in [0.15, 0.2) is 42.5 Å². The number of carbonyl (C=O) groups excluding carboxylic acids is 1. The summed E-state index contributed by atoms with van der Waals surface area (Å²) in [7, 11) is 1.63. The smallest absolute Gasteiger partial charge is 0.239 e. The van der Waals surface area contributed by atoms with Gasteiger partial charge in [-0.1, -0.05) is 35.3 Å². The second-order valence-electron chi connectivity index (χ2n) is 4.93. The third kappa shape index (κ3) is 5.66. The molecule has 2 aromatic carbocycles. The molecule has 2 N–H and O–H groups in total. The van der Waals surface area contributed by atoms with E-state index in [1.54, 1.807) is 25.3 Å². The molecule has 2 aromatic rings. The van der Waals surface area contributed by atoms with E-state index in [9.17, 15) is 4.79 Å². The number of hydrogen-bond acceptors (Lipinski definition) is 3. The van der Waals surface area contributed by atoms with Gasteiger partial charge in [0.2, 0.25) is 5.91 Å². The highest BCUT2D eigenvalue weighted by atomic mass is 35.5. The summed E-state index contributed by atoms with van der Waals surface area (Å²) in [6.45, 7) is 0.727. The summed E-state index contributed by atoms with van der Waals surface area (Å²) in [6, 6.07) is 12.9. The molecule has 0 fully saturated rings. The number of benzene rings is 2. The first-order valence-electron chi connectivity index (χ1n) is 7.17. The Morgan fingerprint density at radius 3 is 2.52 bits per heavy atom. The highest BCUT2D eigenvalue weighted by Gasteiger charge is 2.04. The van der Waals surface area contributed by atoms with Gasteiger partial charge in [-0.05, 0) is 42.3 Å². The fourth-order valence-corrected chi connectivity index (χ4v) is 2.48. The molecule has 23 heavy (non-hydrogen) atoms. The predicted molar refractivity (Wildman–Crippen MR) is 94.7 cm³/mol. The van der Waals surface area contributed by atoms with Gasteiger partial charge in [0.15, 0.2) is 0 Å². The fraction of sp³-hybridized carbons (Fsp3) is 0.235. The van der Waals surface area contributed by atoms with Crippen LogP contribution in [-0.4, -0.2) is 26.1 Å². The van der Waals surface area contributed by atoms with Gasteiger partial charge >= 0.3 is 0 Å². The van der Waals surface area contributed by atoms with E-state index in [0.29, 0.717) is 22.3 Å². The van der Waals surface area contributed by atoms with E-state index in [4.69, 9.17) is 27.9 Å². The summed E-state index contributed by atoms with van der Waals surface area (Å²) in [4.78, 5) is 11.8. The molecular formula is C17H18Cl2N2O2. The lowest BCUT2D eigenvalue weighted by Crippen LogP contribution is -2.31. The minimum atomic E-state index is -0.0930. The van der Waals surface area contributed by atoms with Crippen LogP contribution in [0.3, 0.4) is 0 Å². The summed E-state index contributed by atoms with van der Waals surface area (Å²) in [5, 5.41) is 6.89. The van der Waals surface area contributed by atoms with Crippen LogP contribution in [0.4, 0.5) is 5.69 Å². The molecule has 0 saturated carbocycles. The van der Waals surface area contributed by atoms with Gasteiger partial charge < -0.3 is 15.4 Å². The van der Waals surface area contributed by atoms with Crippen molar-refractivity contribution >= 4 is 34.8 Å². The molecule has 0 radical (unpaired) electrons. The first kappa shape index (κ1) is 17.4. The Morgan fingerprint density at radius 1 is 1.13 bits per heavy atom. The molecule has 1 amide bonds. The molecule has 0 saturated heterocycles. The summed E-state index contributed by atoms with van der Waals surface area (Å²) in [6.07, 6.45) is 0.761. The first-order valence-corrected chi connectivity index (χ1v) is 7.92. The average molecular weight is 353 g/mol. The van der Waals surface area contributed by atoms with E-state index in [1.165, 1.54) is 0 Å². The van der Waals surface area contributed by atoms with Crippen LogP contribution in [0.1, 0.15) is 5.56 Å². The molecule has 4 nitrogen and oxygen atoms in total. The largest absolute Gasteiger partial charge is 0.497 e. The number of anilines is 1. The van der Waals surface area contributed by atoms with Gasteiger partial charge in [-0.3, -0.25) is 4.79 Å². The highest BCUT2D eigenvalue weighted by molar-refractivity contribution is 6.36. The second kappa shape index (κ2) is 8.65. The van der Waals surface area contributed by atoms with Gasteiger partial charge in [0.05, 0.1) is 24.4 Å². The third-order valence-electron chi connectivity index (χ3n) is 3.27. The van der Waals surface area contributed by atoms with Crippen LogP contribution in [0.25, 0.3) is 0 Å². The number of ether oxygens (including phenoxy) is 1. The van der Waals surface area contributed by atoms with Crippen molar-refractivity contribution in [1.82, 2.24) is 5.32 Å². The molecule has 0 aliphatic carbocycles. The highest BCUT2D eigenvalue weighted by Crippen LogP contribution is 2.24. The van der Waals surface area contributed by atoms with Crippen molar-refractivity contribution in [2.75, 3.05) is 25.5 Å². The quantitative estimate of drug-likeness (QED) is 0.797. The zero-order valence-corrected chi connectivity index (χ0v) is 14.2. The van der Waals surface area contributed by atoms with Crippen molar-refractivity contribution in [2.24, 2.45) is 0 Å². The monoisotopic (exact) mass is 352 g/mol. The van der Waals surface area contributed by atoms with Crippen LogP contribution in [-0.2, 0) is 11.2 Å². The predicted octanol–water partition coefficient (Wildman–Crippen LogP) is 3.77. The second-order valence-corrected chi connectivity index (χ2v) is 5.77. The number of rotatable bonds is 7. The summed E-state index contributed by atoms with van der Waals surface area (Å²) in [5.74, 6) is 0.728. The van der Waals surface area contributed by atoms with E-state index >= 15 is 0 Å². The summed E-state index contributed by atoms with van der Waals surface area (Å²) >= 11 is 11.9. The molecule has 0 aliphatic heterocycles. The lowest BCUT2D eigenvalue weighted by Gasteiger charge is -2.09. The van der Waals surface area contributed by atoms with Crippen molar-refractivity contribution in [3.63, 3.8) is 0 Å². The Morgan fingerprint density at radius 2 is 1.87 bits per heavy atom. The standard InChI is InChI=1S/C17H18Cl2N2O2/c1-23-14-5-2-12(3-6-14)8-9-20-17(22)11-21-16-7-4-13(18)10-15(16)19/h2-7,10,21H,8-9,11H2,1H3,(H,20,22). The van der Waals surface area contributed by atoms with Crippen molar-refractivity contribution in [1.29, 1.82) is 0 Å². The van der Waals surface area contributed by atoms with Crippen LogP contribution < -0.4 is 15.4 Å². The van der Waals surface area contributed by atoms with Crippen LogP contribution in [0.2, 0.25) is 10.0 Å². The zero-order valence-electron chi connectivity index (χ0n) is 12.7. The van der Waals surface area contributed by atoms with Crippen molar-refractivity contribution in [2.45, 2.75) is 6.42 Å². The Bertz CT molecular complexity index is 660. The number of halogens is 2. The molecule has 0 heterocycles. The number of nitrogens with one attached hydrogen (secondary N) is 2. The van der Waals surface area contributed by atoms with E-state index < -0.39 is 0 Å². The normalized spacial score (nSPS) is 10.2. The topological polar surface area (TPSA) is 50.4 Å². The zero-order chi connectivity index (χ0) is 16.7. The minimum absolute atomic E-state index is 0.0930. The lowest BCUT2D eigenvalue weighted by molar-refractivity contribution is -0.119. The van der Waals surface area contributed by atoms with Gasteiger partial charge in [0.25, 0.3) is 0 Å². The van der Waals surface area contributed by atoms with Gasteiger partial charge in [-0.25, -0.2) is 0 Å². The molecule has 0 bridgehead atoms. The first-order chi connectivity index (χ1) is 11.1. The maximum atomic E-state index is 11.8. The van der Waals surface area contributed by atoms with Crippen molar-refractivity contribution < 1.29 is 9.53 Å². The maximum Gasteiger partial charge on any atom is 0.239 e. The van der Waals surface area contributed by atoms with Crippen molar-refractivity contribution in [3.8, 4) is 5.75 Å². The average Bonchev–Trinajstić information content (AvgIpc) is 2.54. The number of hydrogen-bond donors (Lipinski definition) is 2. The molecule has 122 valence electrons. The van der Waals surface area contributed by atoms with E-state index in [-0.39, 0.29) is 12.5 Å². The molecule has 0 aromatic heterocycles. The van der Waals surface area contributed by atoms with Crippen LogP contribution >= 0.6 is 23.2 Å². The molecular weight excluding hydrogens is 335 g/mol. The molecule has 0 spiro atoms. The van der Waals surface area contributed by atoms with E-state index in [2.05, 4.69) is 10.6 Å². The Balaban J connectivity index is 1.72. The molecule has 2 rings (SSSR count). The number of methoxy groups -OCH3 is 1. The van der Waals surface area contributed by atoms with Gasteiger partial charge in [0, 0.05) is 11.6 Å². The maximum absolute atomic E-state index is 11.8. The summed E-state index contributed by atoms with van der Waals surface area (Å²) in [5.41, 5.74) is 1.82. The molecule has 0 atom stereocenters. The Labute approximate surface area is 145 Å². The number of carbonyl (C=O) groups is 1. The Kier molecular flexibility index (Phi) is 6.56. The van der Waals surface area contributed by atoms with E-state index in [1.807, 2.05) is 24.3 Å². The summed E-state index contributed by atoms with van der Waals surface area (Å²) < 4.78 is 5.11. The lowest BCUT2D eigenvalue weighted by atomic mass is 10.1. The van der Waals surface area contributed by atoms with Crippen molar-refractivity contribution in [3.05, 3.63) is 58.1 Å². The van der Waals surface area contributed by atoms with Gasteiger partial charge in [0.1, 0.15) is 5.75 Å².